The van der Waals surface area contributed by atoms with Crippen LogP contribution in [0.5, 0.6) is 0 Å². The molecule has 2 aromatic carbocycles. The molecule has 33 heavy (non-hydrogen) atoms. The predicted octanol–water partition coefficient (Wildman–Crippen LogP) is 5.12. The molecule has 0 amide bonds. The fourth-order valence-electron chi connectivity index (χ4n) is 3.82. The predicted molar refractivity (Wildman–Crippen MR) is 132 cm³/mol. The smallest absolute Gasteiger partial charge is 0.306 e. The van der Waals surface area contributed by atoms with Crippen molar-refractivity contribution >= 4 is 34.4 Å². The SMILES string of the molecule is Cc1c(Cl)cccc1-n1c(SCCCn2c(=O)[nH]c3ccccc32)nnc1-c1ccncc1. The number of fused-ring (bicyclic) bond motifs is 1. The Morgan fingerprint density at radius 2 is 1.85 bits per heavy atom. The quantitative estimate of drug-likeness (QED) is 0.260. The van der Waals surface area contributed by atoms with Crippen molar-refractivity contribution in [3.63, 3.8) is 0 Å². The summed E-state index contributed by atoms with van der Waals surface area (Å²) >= 11 is 8.03. The molecule has 0 aliphatic carbocycles. The number of aryl methyl sites for hydroxylation is 1. The molecule has 0 fully saturated rings. The number of hydrogen-bond donors (Lipinski definition) is 1. The molecule has 0 bridgehead atoms. The molecule has 5 aromatic rings. The number of thioether (sulfide) groups is 1. The van der Waals surface area contributed by atoms with E-state index in [4.69, 9.17) is 11.6 Å². The van der Waals surface area contributed by atoms with Crippen molar-refractivity contribution in [2.75, 3.05) is 5.75 Å². The maximum absolute atomic E-state index is 12.3. The Hall–Kier alpha value is -3.36. The lowest BCUT2D eigenvalue weighted by atomic mass is 10.2. The summed E-state index contributed by atoms with van der Waals surface area (Å²) in [5.41, 5.74) is 4.52. The van der Waals surface area contributed by atoms with Crippen LogP contribution in [0, 0.1) is 6.92 Å². The summed E-state index contributed by atoms with van der Waals surface area (Å²) in [5, 5.41) is 10.4. The van der Waals surface area contributed by atoms with Crippen molar-refractivity contribution in [3.05, 3.63) is 88.1 Å². The third-order valence-electron chi connectivity index (χ3n) is 5.49. The second-order valence-corrected chi connectivity index (χ2v) is 9.03. The van der Waals surface area contributed by atoms with Crippen LogP contribution < -0.4 is 5.69 Å². The number of nitrogens with one attached hydrogen (secondary N) is 1. The largest absolute Gasteiger partial charge is 0.326 e. The molecule has 5 rings (SSSR count). The van der Waals surface area contributed by atoms with Crippen LogP contribution in [0.1, 0.15) is 12.0 Å². The van der Waals surface area contributed by atoms with Crippen molar-refractivity contribution in [2.45, 2.75) is 25.0 Å². The summed E-state index contributed by atoms with van der Waals surface area (Å²) in [4.78, 5) is 19.3. The van der Waals surface area contributed by atoms with Crippen LogP contribution in [0.25, 0.3) is 28.1 Å². The van der Waals surface area contributed by atoms with Gasteiger partial charge in [0.2, 0.25) is 0 Å². The molecular weight excluding hydrogens is 456 g/mol. The number of rotatable bonds is 7. The van der Waals surface area contributed by atoms with Crippen molar-refractivity contribution in [2.24, 2.45) is 0 Å². The van der Waals surface area contributed by atoms with Crippen molar-refractivity contribution < 1.29 is 0 Å². The van der Waals surface area contributed by atoms with Gasteiger partial charge in [0.05, 0.1) is 16.7 Å². The first-order valence-electron chi connectivity index (χ1n) is 10.5. The minimum Gasteiger partial charge on any atom is -0.306 e. The zero-order valence-corrected chi connectivity index (χ0v) is 19.5. The summed E-state index contributed by atoms with van der Waals surface area (Å²) in [5.74, 6) is 1.51. The van der Waals surface area contributed by atoms with Crippen LogP contribution in [0.2, 0.25) is 5.02 Å². The van der Waals surface area contributed by atoms with Gasteiger partial charge in [0.25, 0.3) is 0 Å². The van der Waals surface area contributed by atoms with Gasteiger partial charge in [0.1, 0.15) is 0 Å². The monoisotopic (exact) mass is 476 g/mol. The lowest BCUT2D eigenvalue weighted by Gasteiger charge is -2.14. The van der Waals surface area contributed by atoms with E-state index in [1.807, 2.05) is 66.1 Å². The normalized spacial score (nSPS) is 11.3. The molecule has 0 saturated carbocycles. The van der Waals surface area contributed by atoms with Crippen LogP contribution in [0.3, 0.4) is 0 Å². The van der Waals surface area contributed by atoms with E-state index in [-0.39, 0.29) is 5.69 Å². The second kappa shape index (κ2) is 9.25. The highest BCUT2D eigenvalue weighted by atomic mass is 35.5. The van der Waals surface area contributed by atoms with Gasteiger partial charge in [-0.2, -0.15) is 0 Å². The van der Waals surface area contributed by atoms with Gasteiger partial charge < -0.3 is 4.98 Å². The van der Waals surface area contributed by atoms with E-state index in [1.54, 1.807) is 28.7 Å². The number of aromatic nitrogens is 6. The van der Waals surface area contributed by atoms with Gasteiger partial charge in [-0.1, -0.05) is 41.6 Å². The molecule has 0 aliphatic rings. The van der Waals surface area contributed by atoms with Crippen LogP contribution in [0.15, 0.2) is 76.9 Å². The molecule has 3 aromatic heterocycles. The third kappa shape index (κ3) is 4.19. The Kier molecular flexibility index (Phi) is 6.02. The summed E-state index contributed by atoms with van der Waals surface area (Å²) in [7, 11) is 0. The number of imidazole rings is 1. The summed E-state index contributed by atoms with van der Waals surface area (Å²) in [6, 6.07) is 17.4. The van der Waals surface area contributed by atoms with Crippen LogP contribution in [-0.4, -0.2) is 35.1 Å². The van der Waals surface area contributed by atoms with Gasteiger partial charge in [0.15, 0.2) is 11.0 Å². The zero-order chi connectivity index (χ0) is 22.8. The zero-order valence-electron chi connectivity index (χ0n) is 17.9. The molecule has 0 radical (unpaired) electrons. The Balaban J connectivity index is 1.41. The summed E-state index contributed by atoms with van der Waals surface area (Å²) in [6.07, 6.45) is 4.29. The maximum atomic E-state index is 12.3. The Bertz CT molecular complexity index is 1470. The summed E-state index contributed by atoms with van der Waals surface area (Å²) in [6.45, 7) is 2.61. The lowest BCUT2D eigenvalue weighted by Crippen LogP contribution is -2.17. The van der Waals surface area contributed by atoms with Crippen molar-refractivity contribution in [3.8, 4) is 17.1 Å². The summed E-state index contributed by atoms with van der Waals surface area (Å²) < 4.78 is 3.82. The maximum Gasteiger partial charge on any atom is 0.326 e. The van der Waals surface area contributed by atoms with Crippen molar-refractivity contribution in [1.29, 1.82) is 0 Å². The van der Waals surface area contributed by atoms with E-state index < -0.39 is 0 Å². The Morgan fingerprint density at radius 1 is 1.03 bits per heavy atom. The Morgan fingerprint density at radius 3 is 2.70 bits per heavy atom. The topological polar surface area (TPSA) is 81.4 Å². The molecule has 0 atom stereocenters. The van der Waals surface area contributed by atoms with E-state index >= 15 is 0 Å². The number of pyridine rings is 1. The minimum absolute atomic E-state index is 0.0844. The third-order valence-corrected chi connectivity index (χ3v) is 6.92. The molecular formula is C24H21ClN6OS. The molecule has 1 N–H and O–H groups in total. The fourth-order valence-corrected chi connectivity index (χ4v) is 4.86. The van der Waals surface area contributed by atoms with E-state index in [1.165, 1.54) is 0 Å². The number of nitrogens with zero attached hydrogens (tertiary/aromatic N) is 5. The van der Waals surface area contributed by atoms with E-state index in [0.29, 0.717) is 11.6 Å². The van der Waals surface area contributed by atoms with Crippen LogP contribution in [-0.2, 0) is 6.54 Å². The number of benzene rings is 2. The molecule has 9 heteroatoms. The molecule has 0 spiro atoms. The van der Waals surface area contributed by atoms with E-state index in [2.05, 4.69) is 20.2 Å². The minimum atomic E-state index is -0.0844. The van der Waals surface area contributed by atoms with E-state index in [9.17, 15) is 4.79 Å². The molecule has 166 valence electrons. The van der Waals surface area contributed by atoms with Gasteiger partial charge in [-0.3, -0.25) is 14.1 Å². The standard InChI is InChI=1S/C24H21ClN6OS/c1-16-18(25)6-4-9-20(16)31-22(17-10-12-26-13-11-17)28-29-24(31)33-15-5-14-30-21-8-3-2-7-19(21)27-23(30)32/h2-4,6-13H,5,14-15H2,1H3,(H,27,32). The number of hydrogen-bond acceptors (Lipinski definition) is 5. The van der Waals surface area contributed by atoms with Gasteiger partial charge in [-0.05, 0) is 55.3 Å². The highest BCUT2D eigenvalue weighted by Gasteiger charge is 2.18. The average molecular weight is 477 g/mol. The molecule has 0 saturated heterocycles. The lowest BCUT2D eigenvalue weighted by molar-refractivity contribution is 0.678. The number of aromatic amines is 1. The first kappa shape index (κ1) is 21.5. The van der Waals surface area contributed by atoms with Crippen molar-refractivity contribution in [1.82, 2.24) is 29.3 Å². The highest BCUT2D eigenvalue weighted by molar-refractivity contribution is 7.99. The second-order valence-electron chi connectivity index (χ2n) is 7.56. The highest BCUT2D eigenvalue weighted by Crippen LogP contribution is 2.31. The number of halogens is 1. The number of para-hydroxylation sites is 2. The number of H-pyrrole nitrogens is 1. The van der Waals surface area contributed by atoms with Gasteiger partial charge in [-0.25, -0.2) is 4.79 Å². The van der Waals surface area contributed by atoms with Gasteiger partial charge in [0, 0.05) is 35.3 Å². The molecule has 0 aliphatic heterocycles. The van der Waals surface area contributed by atoms with Crippen LogP contribution in [0.4, 0.5) is 0 Å². The van der Waals surface area contributed by atoms with Crippen LogP contribution >= 0.6 is 23.4 Å². The molecule has 0 unspecified atom stereocenters. The van der Waals surface area contributed by atoms with Gasteiger partial charge in [-0.15, -0.1) is 10.2 Å². The van der Waals surface area contributed by atoms with Gasteiger partial charge >= 0.3 is 5.69 Å². The Labute approximate surface area is 199 Å². The average Bonchev–Trinajstić information content (AvgIpc) is 3.39. The molecule has 3 heterocycles. The molecule has 7 nitrogen and oxygen atoms in total. The first-order valence-corrected chi connectivity index (χ1v) is 11.9. The fraction of sp³-hybridized carbons (Fsp3) is 0.167. The van der Waals surface area contributed by atoms with E-state index in [0.717, 1.165) is 51.0 Å². The first-order chi connectivity index (χ1) is 16.1.